The third-order valence-electron chi connectivity index (χ3n) is 1.98. The molecule has 0 rings (SSSR count). The summed E-state index contributed by atoms with van der Waals surface area (Å²) < 4.78 is 9.69. The van der Waals surface area contributed by atoms with E-state index < -0.39 is 0 Å². The molecule has 0 aliphatic rings. The van der Waals surface area contributed by atoms with Gasteiger partial charge in [0.1, 0.15) is 0 Å². The summed E-state index contributed by atoms with van der Waals surface area (Å²) in [6, 6.07) is 0. The zero-order valence-corrected chi connectivity index (χ0v) is 11.9. The highest BCUT2D eigenvalue weighted by atomic mass is 33.1. The molecule has 0 aromatic rings. The van der Waals surface area contributed by atoms with Gasteiger partial charge in [-0.2, -0.15) is 0 Å². The highest BCUT2D eigenvalue weighted by molar-refractivity contribution is 8.76. The minimum Gasteiger partial charge on any atom is -0.484 e. The largest absolute Gasteiger partial charge is 0.484 e. The molecule has 0 radical (unpaired) electrons. The van der Waals surface area contributed by atoms with Gasteiger partial charge in [-0.3, -0.25) is 10.8 Å². The Hall–Kier alpha value is -0.360. The molecule has 0 bridgehead atoms. The van der Waals surface area contributed by atoms with Crippen LogP contribution in [0.25, 0.3) is 0 Å². The van der Waals surface area contributed by atoms with Crippen molar-refractivity contribution in [3.05, 3.63) is 0 Å². The van der Waals surface area contributed by atoms with E-state index in [4.69, 9.17) is 20.3 Å². The Kier molecular flexibility index (Phi) is 7.66. The van der Waals surface area contributed by atoms with Crippen LogP contribution in [-0.2, 0) is 9.47 Å². The minimum absolute atomic E-state index is 0.235. The Morgan fingerprint density at radius 1 is 1.12 bits per heavy atom. The van der Waals surface area contributed by atoms with E-state index in [9.17, 15) is 0 Å². The molecule has 0 amide bonds. The van der Waals surface area contributed by atoms with Gasteiger partial charge in [-0.1, -0.05) is 35.4 Å². The number of hydrogen-bond donors (Lipinski definition) is 2. The Balaban J connectivity index is 3.66. The first kappa shape index (κ1) is 15.6. The van der Waals surface area contributed by atoms with Crippen LogP contribution < -0.4 is 0 Å². The van der Waals surface area contributed by atoms with Gasteiger partial charge in [-0.25, -0.2) is 0 Å². The summed E-state index contributed by atoms with van der Waals surface area (Å²) in [6.45, 7) is 3.98. The van der Waals surface area contributed by atoms with Gasteiger partial charge in [0.15, 0.2) is 11.8 Å². The summed E-state index contributed by atoms with van der Waals surface area (Å²) in [5, 5.41) is 14.9. The van der Waals surface area contributed by atoms with Gasteiger partial charge >= 0.3 is 0 Å². The highest BCUT2D eigenvalue weighted by Gasteiger charge is 2.24. The van der Waals surface area contributed by atoms with Crippen LogP contribution in [0.1, 0.15) is 20.3 Å². The van der Waals surface area contributed by atoms with Crippen LogP contribution in [0.3, 0.4) is 0 Å². The number of rotatable bonds is 7. The smallest absolute Gasteiger partial charge is 0.186 e. The number of nitrogens with one attached hydrogen (secondary N) is 2. The lowest BCUT2D eigenvalue weighted by Gasteiger charge is -2.23. The van der Waals surface area contributed by atoms with E-state index in [1.807, 2.05) is 13.8 Å². The first-order valence-corrected chi connectivity index (χ1v) is 7.41. The molecule has 0 aromatic carbocycles. The van der Waals surface area contributed by atoms with E-state index in [0.29, 0.717) is 18.2 Å². The van der Waals surface area contributed by atoms with E-state index >= 15 is 0 Å². The molecule has 0 aromatic heterocycles. The molecule has 94 valence electrons. The second-order valence-electron chi connectivity index (χ2n) is 3.88. The second-order valence-corrected chi connectivity index (χ2v) is 6.46. The number of hydrogen-bond acceptors (Lipinski definition) is 6. The summed E-state index contributed by atoms with van der Waals surface area (Å²) in [5.41, 5.74) is -0.235. The Morgan fingerprint density at radius 2 is 1.75 bits per heavy atom. The molecule has 16 heavy (non-hydrogen) atoms. The molecular weight excluding hydrogens is 244 g/mol. The second kappa shape index (κ2) is 7.84. The number of methoxy groups -OCH3 is 2. The van der Waals surface area contributed by atoms with Crippen LogP contribution in [0.5, 0.6) is 0 Å². The zero-order valence-electron chi connectivity index (χ0n) is 10.3. The quantitative estimate of drug-likeness (QED) is 0.321. The zero-order chi connectivity index (χ0) is 12.6. The van der Waals surface area contributed by atoms with Crippen molar-refractivity contribution in [2.24, 2.45) is 5.41 Å². The van der Waals surface area contributed by atoms with Crippen LogP contribution in [0.4, 0.5) is 0 Å². The van der Waals surface area contributed by atoms with E-state index in [2.05, 4.69) is 0 Å². The first-order valence-electron chi connectivity index (χ1n) is 4.93. The van der Waals surface area contributed by atoms with E-state index in [-0.39, 0.29) is 5.41 Å². The summed E-state index contributed by atoms with van der Waals surface area (Å²) in [6.07, 6.45) is 0.649. The molecule has 0 heterocycles. The van der Waals surface area contributed by atoms with Gasteiger partial charge in [0, 0.05) is 17.9 Å². The molecule has 0 unspecified atom stereocenters. The molecule has 2 N–H and O–H groups in total. The molecular formula is C10H20N2O2S2. The Morgan fingerprint density at radius 3 is 2.25 bits per heavy atom. The molecule has 0 aliphatic carbocycles. The fraction of sp³-hybridized carbons (Fsp3) is 0.800. The lowest BCUT2D eigenvalue weighted by Crippen LogP contribution is -2.27. The number of ether oxygens (including phenoxy) is 2. The lowest BCUT2D eigenvalue weighted by atomic mass is 9.96. The normalized spacial score (nSPS) is 11.0. The monoisotopic (exact) mass is 264 g/mol. The third-order valence-corrected chi connectivity index (χ3v) is 4.71. The fourth-order valence-electron chi connectivity index (χ4n) is 0.826. The molecule has 0 spiro atoms. The summed E-state index contributed by atoms with van der Waals surface area (Å²) in [7, 11) is 6.44. The molecule has 6 heteroatoms. The first-order chi connectivity index (χ1) is 7.44. The van der Waals surface area contributed by atoms with E-state index in [1.54, 1.807) is 21.6 Å². The van der Waals surface area contributed by atoms with Crippen molar-refractivity contribution in [3.63, 3.8) is 0 Å². The van der Waals surface area contributed by atoms with Crippen molar-refractivity contribution >= 4 is 33.4 Å². The van der Waals surface area contributed by atoms with Crippen molar-refractivity contribution in [1.29, 1.82) is 10.8 Å². The lowest BCUT2D eigenvalue weighted by molar-refractivity contribution is 0.335. The average molecular weight is 264 g/mol. The molecule has 0 atom stereocenters. The molecule has 0 fully saturated rings. The van der Waals surface area contributed by atoms with Crippen molar-refractivity contribution in [2.45, 2.75) is 20.3 Å². The Bertz CT molecular complexity index is 245. The van der Waals surface area contributed by atoms with Crippen molar-refractivity contribution in [3.8, 4) is 0 Å². The molecule has 0 saturated carbocycles. The van der Waals surface area contributed by atoms with Crippen LogP contribution in [0.15, 0.2) is 0 Å². The predicted molar refractivity (Wildman–Crippen MR) is 72.8 cm³/mol. The van der Waals surface area contributed by atoms with Gasteiger partial charge < -0.3 is 9.47 Å². The summed E-state index contributed by atoms with van der Waals surface area (Å²) >= 11 is 0. The van der Waals surface area contributed by atoms with Gasteiger partial charge in [0.2, 0.25) is 0 Å². The van der Waals surface area contributed by atoms with Crippen LogP contribution in [0, 0.1) is 16.2 Å². The van der Waals surface area contributed by atoms with Crippen LogP contribution in [-0.4, -0.2) is 37.5 Å². The molecule has 0 aliphatic heterocycles. The van der Waals surface area contributed by atoms with Crippen molar-refractivity contribution in [2.75, 3.05) is 25.7 Å². The van der Waals surface area contributed by atoms with Crippen LogP contribution >= 0.6 is 21.6 Å². The topological polar surface area (TPSA) is 66.2 Å². The predicted octanol–water partition coefficient (Wildman–Crippen LogP) is 3.03. The third kappa shape index (κ3) is 6.27. The molecule has 0 saturated heterocycles. The van der Waals surface area contributed by atoms with E-state index in [0.717, 1.165) is 11.5 Å². The molecule has 4 nitrogen and oxygen atoms in total. The summed E-state index contributed by atoms with van der Waals surface area (Å²) in [4.78, 5) is 0. The van der Waals surface area contributed by atoms with Gasteiger partial charge in [-0.15, -0.1) is 0 Å². The fourth-order valence-corrected chi connectivity index (χ4v) is 3.46. The SMILES string of the molecule is COC(=N)CCSSCC(C)(C)C(=N)OC. The maximum absolute atomic E-state index is 7.62. The summed E-state index contributed by atoms with van der Waals surface area (Å²) in [5.74, 6) is 2.31. The minimum atomic E-state index is -0.235. The van der Waals surface area contributed by atoms with Gasteiger partial charge in [0.25, 0.3) is 0 Å². The standard InChI is InChI=1S/C10H20N2O2S2/c1-10(2,9(12)14-4)7-16-15-6-5-8(11)13-3/h11-12H,5-7H2,1-4H3. The highest BCUT2D eigenvalue weighted by Crippen LogP contribution is 2.31. The van der Waals surface area contributed by atoms with Crippen molar-refractivity contribution < 1.29 is 9.47 Å². The van der Waals surface area contributed by atoms with Crippen LogP contribution in [0.2, 0.25) is 0 Å². The van der Waals surface area contributed by atoms with Gasteiger partial charge in [-0.05, 0) is 0 Å². The van der Waals surface area contributed by atoms with E-state index in [1.165, 1.54) is 14.2 Å². The van der Waals surface area contributed by atoms with Crippen molar-refractivity contribution in [1.82, 2.24) is 0 Å². The van der Waals surface area contributed by atoms with Gasteiger partial charge in [0.05, 0.1) is 19.6 Å². The average Bonchev–Trinajstić information content (AvgIpc) is 2.26. The Labute approximate surface area is 105 Å². The maximum Gasteiger partial charge on any atom is 0.186 e. The maximum atomic E-state index is 7.62.